The van der Waals surface area contributed by atoms with Crippen molar-refractivity contribution in [3.05, 3.63) is 60.2 Å². The summed E-state index contributed by atoms with van der Waals surface area (Å²) in [7, 11) is 0. The molecule has 3 rings (SSSR count). The molecule has 1 amide bonds. The lowest BCUT2D eigenvalue weighted by atomic mass is 10.3. The zero-order valence-electron chi connectivity index (χ0n) is 13.6. The number of pyridine rings is 1. The highest BCUT2D eigenvalue weighted by Gasteiger charge is 2.26. The van der Waals surface area contributed by atoms with Gasteiger partial charge in [0.1, 0.15) is 5.69 Å². The van der Waals surface area contributed by atoms with Gasteiger partial charge in [0, 0.05) is 19.3 Å². The summed E-state index contributed by atoms with van der Waals surface area (Å²) in [4.78, 5) is 35.9. The van der Waals surface area contributed by atoms with Crippen molar-refractivity contribution < 1.29 is 9.59 Å². The van der Waals surface area contributed by atoms with Gasteiger partial charge in [-0.2, -0.15) is 0 Å². The van der Waals surface area contributed by atoms with Gasteiger partial charge < -0.3 is 4.90 Å². The highest BCUT2D eigenvalue weighted by Crippen LogP contribution is 2.19. The Morgan fingerprint density at radius 3 is 2.42 bits per heavy atom. The van der Waals surface area contributed by atoms with Gasteiger partial charge in [0.25, 0.3) is 11.8 Å². The van der Waals surface area contributed by atoms with Crippen molar-refractivity contribution >= 4 is 22.8 Å². The van der Waals surface area contributed by atoms with Crippen LogP contribution in [0.3, 0.4) is 0 Å². The summed E-state index contributed by atoms with van der Waals surface area (Å²) < 4.78 is 1.36. The highest BCUT2D eigenvalue weighted by atomic mass is 16.2. The van der Waals surface area contributed by atoms with Crippen molar-refractivity contribution in [3.63, 3.8) is 0 Å². The summed E-state index contributed by atoms with van der Waals surface area (Å²) in [6, 6.07) is 12.3. The zero-order valence-corrected chi connectivity index (χ0v) is 13.6. The van der Waals surface area contributed by atoms with Gasteiger partial charge in [-0.15, -0.1) is 0 Å². The quantitative estimate of drug-likeness (QED) is 0.740. The molecule has 122 valence electrons. The Labute approximate surface area is 139 Å². The molecule has 0 aliphatic heterocycles. The average molecular weight is 322 g/mol. The number of fused-ring (bicyclic) bond motifs is 1. The number of nitrogens with zero attached hydrogens (tertiary/aromatic N) is 4. The van der Waals surface area contributed by atoms with Crippen LogP contribution in [0, 0.1) is 0 Å². The van der Waals surface area contributed by atoms with E-state index in [0.29, 0.717) is 24.1 Å². The van der Waals surface area contributed by atoms with Crippen LogP contribution in [0.5, 0.6) is 0 Å². The fraction of sp³-hybridized carbons (Fsp3) is 0.222. The Balaban J connectivity index is 2.19. The summed E-state index contributed by atoms with van der Waals surface area (Å²) in [5.74, 6) is -0.504. The van der Waals surface area contributed by atoms with Gasteiger partial charge in [-0.25, -0.2) is 4.98 Å². The molecule has 0 saturated carbocycles. The van der Waals surface area contributed by atoms with Crippen LogP contribution in [0.1, 0.15) is 35.0 Å². The smallest absolute Gasteiger partial charge is 0.290 e. The summed E-state index contributed by atoms with van der Waals surface area (Å²) >= 11 is 0. The lowest BCUT2D eigenvalue weighted by Gasteiger charge is -2.18. The second kappa shape index (κ2) is 6.62. The molecule has 0 N–H and O–H groups in total. The number of carbonyl (C=O) groups excluding carboxylic acids is 2. The molecule has 3 aromatic rings. The van der Waals surface area contributed by atoms with Crippen LogP contribution >= 0.6 is 0 Å². The normalized spacial score (nSPS) is 10.8. The van der Waals surface area contributed by atoms with Crippen LogP contribution in [0.15, 0.2) is 48.7 Å². The predicted molar refractivity (Wildman–Crippen MR) is 91.0 cm³/mol. The second-order valence-electron chi connectivity index (χ2n) is 5.26. The van der Waals surface area contributed by atoms with Crippen LogP contribution in [-0.2, 0) is 0 Å². The Morgan fingerprint density at radius 1 is 1.04 bits per heavy atom. The molecule has 6 nitrogen and oxygen atoms in total. The van der Waals surface area contributed by atoms with Crippen LogP contribution in [0.2, 0.25) is 0 Å². The number of aromatic nitrogens is 3. The van der Waals surface area contributed by atoms with E-state index in [4.69, 9.17) is 0 Å². The predicted octanol–water partition coefficient (Wildman–Crippen LogP) is 2.60. The molecule has 2 aromatic heterocycles. The minimum absolute atomic E-state index is 0.121. The van der Waals surface area contributed by atoms with Crippen LogP contribution in [0.4, 0.5) is 0 Å². The van der Waals surface area contributed by atoms with Crippen molar-refractivity contribution in [3.8, 4) is 0 Å². The third-order valence-electron chi connectivity index (χ3n) is 3.89. The molecule has 0 aliphatic rings. The number of imidazole rings is 1. The van der Waals surface area contributed by atoms with Crippen molar-refractivity contribution in [1.82, 2.24) is 19.4 Å². The van der Waals surface area contributed by atoms with Crippen molar-refractivity contribution in [1.29, 1.82) is 0 Å². The molecule has 0 bridgehead atoms. The van der Waals surface area contributed by atoms with E-state index in [1.807, 2.05) is 26.0 Å². The maximum atomic E-state index is 12.9. The van der Waals surface area contributed by atoms with Crippen molar-refractivity contribution in [2.24, 2.45) is 0 Å². The number of carbonyl (C=O) groups is 2. The number of para-hydroxylation sites is 2. The second-order valence-corrected chi connectivity index (χ2v) is 5.26. The van der Waals surface area contributed by atoms with Crippen LogP contribution in [0.25, 0.3) is 11.0 Å². The first-order valence-electron chi connectivity index (χ1n) is 7.89. The minimum atomic E-state index is -0.361. The van der Waals surface area contributed by atoms with E-state index in [-0.39, 0.29) is 23.3 Å². The first kappa shape index (κ1) is 15.9. The Bertz CT molecular complexity index is 882. The Kier molecular flexibility index (Phi) is 4.37. The van der Waals surface area contributed by atoms with E-state index in [9.17, 15) is 9.59 Å². The third-order valence-corrected chi connectivity index (χ3v) is 3.89. The summed E-state index contributed by atoms with van der Waals surface area (Å²) in [6.45, 7) is 4.90. The SMILES string of the molecule is CCN(CC)C(=O)c1nc2ccccc2n1C(=O)c1ccccn1. The largest absolute Gasteiger partial charge is 0.337 e. The summed E-state index contributed by atoms with van der Waals surface area (Å²) in [5, 5.41) is 0. The fourth-order valence-electron chi connectivity index (χ4n) is 2.63. The fourth-order valence-corrected chi connectivity index (χ4v) is 2.63. The van der Waals surface area contributed by atoms with Crippen LogP contribution in [-0.4, -0.2) is 44.3 Å². The number of rotatable bonds is 4. The van der Waals surface area contributed by atoms with Gasteiger partial charge in [0.2, 0.25) is 5.82 Å². The lowest BCUT2D eigenvalue weighted by molar-refractivity contribution is 0.0745. The molecule has 0 aliphatic carbocycles. The topological polar surface area (TPSA) is 68.1 Å². The van der Waals surface area contributed by atoms with Gasteiger partial charge in [0.15, 0.2) is 0 Å². The van der Waals surface area contributed by atoms with Crippen molar-refractivity contribution in [2.45, 2.75) is 13.8 Å². The summed E-state index contributed by atoms with van der Waals surface area (Å²) in [6.07, 6.45) is 1.55. The standard InChI is InChI=1S/C18H18N4O2/c1-3-21(4-2)18(24)16-20-13-9-5-6-11-15(13)22(16)17(23)14-10-7-8-12-19-14/h5-12H,3-4H2,1-2H3. The average Bonchev–Trinajstić information content (AvgIpc) is 3.02. The molecule has 24 heavy (non-hydrogen) atoms. The van der Waals surface area contributed by atoms with E-state index in [1.165, 1.54) is 4.57 Å². The zero-order chi connectivity index (χ0) is 17.1. The maximum absolute atomic E-state index is 12.9. The molecule has 0 radical (unpaired) electrons. The first-order chi connectivity index (χ1) is 11.7. The molecular weight excluding hydrogens is 304 g/mol. The number of amides is 1. The number of hydrogen-bond donors (Lipinski definition) is 0. The first-order valence-corrected chi connectivity index (χ1v) is 7.89. The highest BCUT2D eigenvalue weighted by molar-refractivity contribution is 6.06. The molecule has 1 aromatic carbocycles. The van der Waals surface area contributed by atoms with Crippen molar-refractivity contribution in [2.75, 3.05) is 13.1 Å². The van der Waals surface area contributed by atoms with Gasteiger partial charge in [-0.3, -0.25) is 19.1 Å². The molecule has 0 atom stereocenters. The van der Waals surface area contributed by atoms with Gasteiger partial charge >= 0.3 is 0 Å². The lowest BCUT2D eigenvalue weighted by Crippen LogP contribution is -2.34. The van der Waals surface area contributed by atoms with E-state index >= 15 is 0 Å². The van der Waals surface area contributed by atoms with E-state index in [1.54, 1.807) is 41.4 Å². The molecular formula is C18H18N4O2. The molecule has 2 heterocycles. The molecule has 6 heteroatoms. The number of hydrogen-bond acceptors (Lipinski definition) is 4. The third kappa shape index (κ3) is 2.67. The monoisotopic (exact) mass is 322 g/mol. The molecule has 0 saturated heterocycles. The Hall–Kier alpha value is -3.02. The molecule has 0 spiro atoms. The van der Waals surface area contributed by atoms with E-state index in [0.717, 1.165) is 0 Å². The molecule has 0 fully saturated rings. The maximum Gasteiger partial charge on any atom is 0.290 e. The Morgan fingerprint density at radius 2 is 1.75 bits per heavy atom. The van der Waals surface area contributed by atoms with Crippen LogP contribution < -0.4 is 0 Å². The van der Waals surface area contributed by atoms with Gasteiger partial charge in [-0.1, -0.05) is 18.2 Å². The minimum Gasteiger partial charge on any atom is -0.337 e. The van der Waals surface area contributed by atoms with E-state index < -0.39 is 0 Å². The van der Waals surface area contributed by atoms with Gasteiger partial charge in [-0.05, 0) is 38.1 Å². The van der Waals surface area contributed by atoms with Gasteiger partial charge in [0.05, 0.1) is 11.0 Å². The molecule has 0 unspecified atom stereocenters. The number of benzene rings is 1. The summed E-state index contributed by atoms with van der Waals surface area (Å²) in [5.41, 5.74) is 1.48. The van der Waals surface area contributed by atoms with E-state index in [2.05, 4.69) is 9.97 Å².